The highest BCUT2D eigenvalue weighted by Crippen LogP contribution is 2.21. The van der Waals surface area contributed by atoms with Gasteiger partial charge in [-0.2, -0.15) is 0 Å². The van der Waals surface area contributed by atoms with Crippen LogP contribution in [0.25, 0.3) is 0 Å². The van der Waals surface area contributed by atoms with E-state index in [0.29, 0.717) is 0 Å². The standard InChI is InChI=1S/C11H8ClF2N3O2/c12-6-1-5(2-7(18)3-6)10(19)17-11-15-4-8(16-11)9(13)14/h1-4,9,18H,(H2,15,16,17,19). The molecule has 0 spiro atoms. The number of carbonyl (C=O) groups excluding carboxylic acids is 1. The number of aromatic nitrogens is 2. The predicted molar refractivity (Wildman–Crippen MR) is 64.6 cm³/mol. The largest absolute Gasteiger partial charge is 0.508 e. The number of nitrogens with zero attached hydrogens (tertiary/aromatic N) is 1. The predicted octanol–water partition coefficient (Wildman–Crippen LogP) is 2.96. The molecule has 1 aromatic heterocycles. The van der Waals surface area contributed by atoms with Gasteiger partial charge in [0.2, 0.25) is 5.95 Å². The summed E-state index contributed by atoms with van der Waals surface area (Å²) in [5.74, 6) is -0.918. The first kappa shape index (κ1) is 13.3. The zero-order valence-corrected chi connectivity index (χ0v) is 10.1. The van der Waals surface area contributed by atoms with Crippen LogP contribution < -0.4 is 5.32 Å². The number of H-pyrrole nitrogens is 1. The van der Waals surface area contributed by atoms with Gasteiger partial charge >= 0.3 is 0 Å². The fraction of sp³-hybridized carbons (Fsp3) is 0.0909. The molecule has 1 aromatic carbocycles. The van der Waals surface area contributed by atoms with E-state index in [2.05, 4.69) is 15.3 Å². The number of nitrogens with one attached hydrogen (secondary N) is 2. The molecule has 0 saturated carbocycles. The Morgan fingerprint density at radius 3 is 2.74 bits per heavy atom. The molecule has 1 amide bonds. The summed E-state index contributed by atoms with van der Waals surface area (Å²) in [4.78, 5) is 17.6. The minimum Gasteiger partial charge on any atom is -0.508 e. The Balaban J connectivity index is 2.15. The summed E-state index contributed by atoms with van der Waals surface area (Å²) in [5.41, 5.74) is -0.316. The molecule has 5 nitrogen and oxygen atoms in total. The van der Waals surface area contributed by atoms with Gasteiger partial charge in [-0.3, -0.25) is 10.1 Å². The van der Waals surface area contributed by atoms with Crippen LogP contribution in [0.1, 0.15) is 22.5 Å². The summed E-state index contributed by atoms with van der Waals surface area (Å²) in [5, 5.41) is 11.8. The van der Waals surface area contributed by atoms with Gasteiger partial charge in [0, 0.05) is 10.6 Å². The van der Waals surface area contributed by atoms with Gasteiger partial charge in [0.25, 0.3) is 12.3 Å². The van der Waals surface area contributed by atoms with E-state index in [0.717, 1.165) is 6.20 Å². The third-order valence-electron chi connectivity index (χ3n) is 2.21. The number of carbonyl (C=O) groups is 1. The van der Waals surface area contributed by atoms with Crippen LogP contribution in [0.5, 0.6) is 5.75 Å². The third kappa shape index (κ3) is 3.19. The molecule has 3 N–H and O–H groups in total. The molecule has 19 heavy (non-hydrogen) atoms. The van der Waals surface area contributed by atoms with Crippen molar-refractivity contribution in [3.63, 3.8) is 0 Å². The number of aromatic hydroxyl groups is 1. The molecule has 0 atom stereocenters. The van der Waals surface area contributed by atoms with E-state index in [1.165, 1.54) is 18.2 Å². The maximum absolute atomic E-state index is 12.3. The van der Waals surface area contributed by atoms with Crippen molar-refractivity contribution in [2.75, 3.05) is 5.32 Å². The highest BCUT2D eigenvalue weighted by molar-refractivity contribution is 6.31. The zero-order valence-electron chi connectivity index (χ0n) is 9.32. The van der Waals surface area contributed by atoms with Gasteiger partial charge in [0.15, 0.2) is 0 Å². The number of halogens is 3. The SMILES string of the molecule is O=C(Nc1ncc(C(F)F)[nH]1)c1cc(O)cc(Cl)c1. The van der Waals surface area contributed by atoms with Gasteiger partial charge in [-0.05, 0) is 18.2 Å². The van der Waals surface area contributed by atoms with Crippen LogP contribution in [-0.2, 0) is 0 Å². The fourth-order valence-corrected chi connectivity index (χ4v) is 1.62. The van der Waals surface area contributed by atoms with Crippen LogP contribution in [0.15, 0.2) is 24.4 Å². The monoisotopic (exact) mass is 287 g/mol. The molecule has 0 aliphatic rings. The molecule has 2 rings (SSSR count). The van der Waals surface area contributed by atoms with E-state index < -0.39 is 18.0 Å². The molecule has 100 valence electrons. The van der Waals surface area contributed by atoms with Crippen LogP contribution in [0.3, 0.4) is 0 Å². The van der Waals surface area contributed by atoms with E-state index in [4.69, 9.17) is 11.6 Å². The highest BCUT2D eigenvalue weighted by atomic mass is 35.5. The van der Waals surface area contributed by atoms with Crippen LogP contribution >= 0.6 is 11.6 Å². The van der Waals surface area contributed by atoms with Gasteiger partial charge in [-0.25, -0.2) is 13.8 Å². The topological polar surface area (TPSA) is 78.0 Å². The van der Waals surface area contributed by atoms with E-state index in [-0.39, 0.29) is 22.3 Å². The van der Waals surface area contributed by atoms with Gasteiger partial charge < -0.3 is 10.1 Å². The normalized spacial score (nSPS) is 10.7. The fourth-order valence-electron chi connectivity index (χ4n) is 1.39. The van der Waals surface area contributed by atoms with Crippen molar-refractivity contribution in [1.82, 2.24) is 9.97 Å². The second-order valence-electron chi connectivity index (χ2n) is 3.64. The minimum absolute atomic E-state index is 0.0833. The van der Waals surface area contributed by atoms with Gasteiger partial charge in [-0.1, -0.05) is 11.6 Å². The molecule has 0 aliphatic carbocycles. The van der Waals surface area contributed by atoms with E-state index >= 15 is 0 Å². The lowest BCUT2D eigenvalue weighted by Gasteiger charge is -2.03. The van der Waals surface area contributed by atoms with E-state index in [1.54, 1.807) is 0 Å². The second kappa shape index (κ2) is 5.23. The summed E-state index contributed by atoms with van der Waals surface area (Å²) in [6, 6.07) is 3.78. The lowest BCUT2D eigenvalue weighted by Crippen LogP contribution is -2.12. The number of phenolic OH excluding ortho intramolecular Hbond substituents is 1. The van der Waals surface area contributed by atoms with Crippen LogP contribution in [-0.4, -0.2) is 21.0 Å². The number of alkyl halides is 2. The number of rotatable bonds is 3. The number of aromatic amines is 1. The number of amides is 1. The molecule has 0 unspecified atom stereocenters. The van der Waals surface area contributed by atoms with E-state index in [1.807, 2.05) is 0 Å². The van der Waals surface area contributed by atoms with Crippen molar-refractivity contribution in [3.8, 4) is 5.75 Å². The summed E-state index contributed by atoms with van der Waals surface area (Å²) in [7, 11) is 0. The van der Waals surface area contributed by atoms with Crippen molar-refractivity contribution >= 4 is 23.5 Å². The third-order valence-corrected chi connectivity index (χ3v) is 2.43. The molecule has 0 radical (unpaired) electrons. The molecule has 0 aliphatic heterocycles. The Bertz CT molecular complexity index is 595. The van der Waals surface area contributed by atoms with Crippen molar-refractivity contribution < 1.29 is 18.7 Å². The molecule has 0 fully saturated rings. The Morgan fingerprint density at radius 1 is 1.42 bits per heavy atom. The van der Waals surface area contributed by atoms with Gasteiger partial charge in [-0.15, -0.1) is 0 Å². The van der Waals surface area contributed by atoms with Gasteiger partial charge in [0.05, 0.1) is 6.20 Å². The first-order chi connectivity index (χ1) is 8.95. The number of hydrogen-bond acceptors (Lipinski definition) is 3. The molecule has 0 saturated heterocycles. The Kier molecular flexibility index (Phi) is 3.66. The van der Waals surface area contributed by atoms with E-state index in [9.17, 15) is 18.7 Å². The van der Waals surface area contributed by atoms with Crippen LogP contribution in [0.4, 0.5) is 14.7 Å². The Hall–Kier alpha value is -2.15. The first-order valence-corrected chi connectivity index (χ1v) is 5.47. The van der Waals surface area contributed by atoms with Crippen molar-refractivity contribution in [1.29, 1.82) is 0 Å². The average Bonchev–Trinajstić information content (AvgIpc) is 2.76. The summed E-state index contributed by atoms with van der Waals surface area (Å²) in [6.07, 6.45) is -1.77. The number of imidazole rings is 1. The lowest BCUT2D eigenvalue weighted by molar-refractivity contribution is 0.102. The first-order valence-electron chi connectivity index (χ1n) is 5.09. The molecule has 8 heteroatoms. The molecule has 2 aromatic rings. The molecule has 1 heterocycles. The number of anilines is 1. The van der Waals surface area contributed by atoms with Crippen molar-refractivity contribution in [3.05, 3.63) is 40.7 Å². The lowest BCUT2D eigenvalue weighted by atomic mass is 10.2. The zero-order chi connectivity index (χ0) is 14.0. The maximum atomic E-state index is 12.3. The number of hydrogen-bond donors (Lipinski definition) is 3. The summed E-state index contributed by atoms with van der Waals surface area (Å²) >= 11 is 5.68. The number of phenols is 1. The quantitative estimate of drug-likeness (QED) is 0.812. The summed E-state index contributed by atoms with van der Waals surface area (Å²) in [6.45, 7) is 0. The van der Waals surface area contributed by atoms with Crippen molar-refractivity contribution in [2.45, 2.75) is 6.43 Å². The van der Waals surface area contributed by atoms with Crippen LogP contribution in [0.2, 0.25) is 5.02 Å². The minimum atomic E-state index is -2.70. The summed E-state index contributed by atoms with van der Waals surface area (Å²) < 4.78 is 24.6. The van der Waals surface area contributed by atoms with Crippen LogP contribution in [0, 0.1) is 0 Å². The molecular weight excluding hydrogens is 280 g/mol. The average molecular weight is 288 g/mol. The smallest absolute Gasteiger partial charge is 0.279 e. The highest BCUT2D eigenvalue weighted by Gasteiger charge is 2.13. The maximum Gasteiger partial charge on any atom is 0.279 e. The Labute approximate surface area is 111 Å². The Morgan fingerprint density at radius 2 is 2.16 bits per heavy atom. The van der Waals surface area contributed by atoms with Gasteiger partial charge in [0.1, 0.15) is 11.4 Å². The second-order valence-corrected chi connectivity index (χ2v) is 4.08. The van der Waals surface area contributed by atoms with Crippen molar-refractivity contribution in [2.24, 2.45) is 0 Å². The molecular formula is C11H8ClF2N3O2. The number of benzene rings is 1. The molecule has 0 bridgehead atoms.